The van der Waals surface area contributed by atoms with E-state index in [0.717, 1.165) is 36.3 Å². The molecule has 0 aliphatic rings. The van der Waals surface area contributed by atoms with Crippen LogP contribution >= 0.6 is 12.2 Å². The fourth-order valence-corrected chi connectivity index (χ4v) is 1.79. The molecule has 3 N–H and O–H groups in total. The number of nitrogens with zero attached hydrogens (tertiary/aromatic N) is 1. The van der Waals surface area contributed by atoms with Gasteiger partial charge in [0.2, 0.25) is 5.91 Å². The number of hydrogen-bond donors (Lipinski definition) is 3. The van der Waals surface area contributed by atoms with Crippen LogP contribution in [-0.4, -0.2) is 23.3 Å². The van der Waals surface area contributed by atoms with Crippen molar-refractivity contribution in [1.82, 2.24) is 10.7 Å². The third kappa shape index (κ3) is 6.85. The highest BCUT2D eigenvalue weighted by molar-refractivity contribution is 7.80. The summed E-state index contributed by atoms with van der Waals surface area (Å²) in [5, 5.41) is 10.6. The van der Waals surface area contributed by atoms with E-state index in [0.29, 0.717) is 5.11 Å². The van der Waals surface area contributed by atoms with E-state index in [-0.39, 0.29) is 5.91 Å². The maximum atomic E-state index is 11.1. The Kier molecular flexibility index (Phi) is 7.39. The first kappa shape index (κ1) is 17.1. The van der Waals surface area contributed by atoms with Crippen molar-refractivity contribution >= 4 is 34.6 Å². The van der Waals surface area contributed by atoms with Gasteiger partial charge in [-0.2, -0.15) is 5.10 Å². The number of anilines is 1. The number of hydrazone groups is 1. The zero-order valence-corrected chi connectivity index (χ0v) is 13.5. The number of rotatable bonds is 6. The van der Waals surface area contributed by atoms with Crippen LogP contribution in [0.3, 0.4) is 0 Å². The van der Waals surface area contributed by atoms with Crippen LogP contribution in [0.1, 0.15) is 39.2 Å². The molecule has 0 bridgehead atoms. The van der Waals surface area contributed by atoms with Crippen LogP contribution in [0.15, 0.2) is 29.4 Å². The van der Waals surface area contributed by atoms with Gasteiger partial charge in [0.1, 0.15) is 0 Å². The van der Waals surface area contributed by atoms with Crippen molar-refractivity contribution in [2.75, 3.05) is 11.9 Å². The Morgan fingerprint density at radius 2 is 2.10 bits per heavy atom. The standard InChI is InChI=1S/C15H22N4OS/c1-4-5-9-16-15(21)19-18-11(2)13-7-6-8-14(10-13)17-12(3)20/h6-8,10H,4-5,9H2,1-3H3,(H,17,20)(H2,16,19,21)/b18-11-. The lowest BCUT2D eigenvalue weighted by Gasteiger charge is -2.08. The van der Waals surface area contributed by atoms with E-state index in [2.05, 4.69) is 28.1 Å². The SMILES string of the molecule is CCCCNC(=S)N/N=C(/C)c1cccc(NC(C)=O)c1. The fourth-order valence-electron chi connectivity index (χ4n) is 1.64. The van der Waals surface area contributed by atoms with Crippen LogP contribution < -0.4 is 16.1 Å². The third-order valence-electron chi connectivity index (χ3n) is 2.74. The number of carbonyl (C=O) groups excluding carboxylic acids is 1. The molecule has 1 aromatic carbocycles. The maximum Gasteiger partial charge on any atom is 0.221 e. The van der Waals surface area contributed by atoms with Gasteiger partial charge in [0.25, 0.3) is 0 Å². The average molecular weight is 306 g/mol. The molecule has 0 saturated carbocycles. The second-order valence-corrected chi connectivity index (χ2v) is 5.09. The van der Waals surface area contributed by atoms with Gasteiger partial charge in [0.05, 0.1) is 5.71 Å². The number of nitrogens with one attached hydrogen (secondary N) is 3. The van der Waals surface area contributed by atoms with E-state index < -0.39 is 0 Å². The summed E-state index contributed by atoms with van der Waals surface area (Å²) in [5.74, 6) is -0.0961. The molecule has 0 heterocycles. The third-order valence-corrected chi connectivity index (χ3v) is 2.98. The zero-order valence-electron chi connectivity index (χ0n) is 12.7. The summed E-state index contributed by atoms with van der Waals surface area (Å²) in [6, 6.07) is 7.51. The summed E-state index contributed by atoms with van der Waals surface area (Å²) in [5.41, 5.74) is 5.28. The summed E-state index contributed by atoms with van der Waals surface area (Å²) in [6.07, 6.45) is 2.19. The molecular weight excluding hydrogens is 284 g/mol. The Morgan fingerprint density at radius 3 is 2.76 bits per heavy atom. The summed E-state index contributed by atoms with van der Waals surface area (Å²) in [7, 11) is 0. The number of carbonyl (C=O) groups is 1. The molecular formula is C15H22N4OS. The van der Waals surface area contributed by atoms with E-state index in [1.54, 1.807) is 0 Å². The van der Waals surface area contributed by atoms with Crippen molar-refractivity contribution in [1.29, 1.82) is 0 Å². The predicted octanol–water partition coefficient (Wildman–Crippen LogP) is 2.63. The van der Waals surface area contributed by atoms with Gasteiger partial charge in [-0.1, -0.05) is 25.5 Å². The second-order valence-electron chi connectivity index (χ2n) is 4.68. The van der Waals surface area contributed by atoms with Crippen LogP contribution in [-0.2, 0) is 4.79 Å². The molecule has 6 heteroatoms. The van der Waals surface area contributed by atoms with Gasteiger partial charge in [-0.15, -0.1) is 0 Å². The summed E-state index contributed by atoms with van der Waals surface area (Å²) in [4.78, 5) is 11.1. The van der Waals surface area contributed by atoms with Gasteiger partial charge in [0, 0.05) is 19.2 Å². The highest BCUT2D eigenvalue weighted by Gasteiger charge is 2.01. The smallest absolute Gasteiger partial charge is 0.221 e. The highest BCUT2D eigenvalue weighted by Crippen LogP contribution is 2.11. The molecule has 1 aromatic rings. The topological polar surface area (TPSA) is 65.5 Å². The molecule has 0 spiro atoms. The summed E-state index contributed by atoms with van der Waals surface area (Å²) >= 11 is 5.13. The minimum Gasteiger partial charge on any atom is -0.361 e. The molecule has 1 amide bonds. The van der Waals surface area contributed by atoms with Gasteiger partial charge in [-0.05, 0) is 43.3 Å². The van der Waals surface area contributed by atoms with Crippen LogP contribution in [0.5, 0.6) is 0 Å². The summed E-state index contributed by atoms with van der Waals surface area (Å²) in [6.45, 7) is 6.33. The average Bonchev–Trinajstić information content (AvgIpc) is 2.44. The minimum atomic E-state index is -0.0961. The van der Waals surface area contributed by atoms with Crippen LogP contribution in [0.4, 0.5) is 5.69 Å². The zero-order chi connectivity index (χ0) is 15.7. The van der Waals surface area contributed by atoms with Gasteiger partial charge in [-0.3, -0.25) is 10.2 Å². The van der Waals surface area contributed by atoms with E-state index in [1.165, 1.54) is 6.92 Å². The second kappa shape index (κ2) is 9.07. The monoisotopic (exact) mass is 306 g/mol. The van der Waals surface area contributed by atoms with Crippen LogP contribution in [0.2, 0.25) is 0 Å². The van der Waals surface area contributed by atoms with Crippen LogP contribution in [0, 0.1) is 0 Å². The maximum absolute atomic E-state index is 11.1. The number of amides is 1. The van der Waals surface area contributed by atoms with E-state index >= 15 is 0 Å². The Bertz CT molecular complexity index is 528. The van der Waals surface area contributed by atoms with Crippen molar-refractivity contribution in [2.45, 2.75) is 33.6 Å². The molecule has 5 nitrogen and oxygen atoms in total. The quantitative estimate of drug-likeness (QED) is 0.327. The Hall–Kier alpha value is -1.95. The molecule has 0 radical (unpaired) electrons. The fraction of sp³-hybridized carbons (Fsp3) is 0.400. The van der Waals surface area contributed by atoms with E-state index in [9.17, 15) is 4.79 Å². The van der Waals surface area contributed by atoms with Crippen molar-refractivity contribution in [3.05, 3.63) is 29.8 Å². The van der Waals surface area contributed by atoms with Crippen molar-refractivity contribution in [2.24, 2.45) is 5.10 Å². The first-order chi connectivity index (χ1) is 10.0. The number of unbranched alkanes of at least 4 members (excludes halogenated alkanes) is 1. The Morgan fingerprint density at radius 1 is 1.33 bits per heavy atom. The van der Waals surface area contributed by atoms with Gasteiger partial charge < -0.3 is 10.6 Å². The first-order valence-electron chi connectivity index (χ1n) is 6.99. The lowest BCUT2D eigenvalue weighted by molar-refractivity contribution is -0.114. The molecule has 0 saturated heterocycles. The van der Waals surface area contributed by atoms with Gasteiger partial charge in [-0.25, -0.2) is 0 Å². The number of hydrogen-bond acceptors (Lipinski definition) is 3. The Balaban J connectivity index is 2.61. The minimum absolute atomic E-state index is 0.0961. The number of benzene rings is 1. The Labute approximate surface area is 131 Å². The summed E-state index contributed by atoms with van der Waals surface area (Å²) < 4.78 is 0. The predicted molar refractivity (Wildman–Crippen MR) is 91.6 cm³/mol. The van der Waals surface area contributed by atoms with Crippen molar-refractivity contribution < 1.29 is 4.79 Å². The number of thiocarbonyl (C=S) groups is 1. The van der Waals surface area contributed by atoms with Crippen molar-refractivity contribution in [3.8, 4) is 0 Å². The largest absolute Gasteiger partial charge is 0.361 e. The van der Waals surface area contributed by atoms with Gasteiger partial charge >= 0.3 is 0 Å². The van der Waals surface area contributed by atoms with Crippen molar-refractivity contribution in [3.63, 3.8) is 0 Å². The lowest BCUT2D eigenvalue weighted by atomic mass is 10.1. The van der Waals surface area contributed by atoms with E-state index in [4.69, 9.17) is 12.2 Å². The van der Waals surface area contributed by atoms with Crippen LogP contribution in [0.25, 0.3) is 0 Å². The molecule has 0 aromatic heterocycles. The molecule has 0 atom stereocenters. The molecule has 114 valence electrons. The first-order valence-corrected chi connectivity index (χ1v) is 7.40. The molecule has 0 aliphatic carbocycles. The molecule has 0 aliphatic heterocycles. The molecule has 0 unspecified atom stereocenters. The molecule has 1 rings (SSSR count). The normalized spacial score (nSPS) is 10.9. The highest BCUT2D eigenvalue weighted by atomic mass is 32.1. The molecule has 21 heavy (non-hydrogen) atoms. The van der Waals surface area contributed by atoms with E-state index in [1.807, 2.05) is 31.2 Å². The van der Waals surface area contributed by atoms with Gasteiger partial charge in [0.15, 0.2) is 5.11 Å². The molecule has 0 fully saturated rings. The lowest BCUT2D eigenvalue weighted by Crippen LogP contribution is -2.33.